The van der Waals surface area contributed by atoms with E-state index in [1.54, 1.807) is 12.1 Å². The topological polar surface area (TPSA) is 81.8 Å². The first-order valence-electron chi connectivity index (χ1n) is 9.11. The highest BCUT2D eigenvalue weighted by Gasteiger charge is 2.32. The van der Waals surface area contributed by atoms with Crippen LogP contribution >= 0.6 is 0 Å². The van der Waals surface area contributed by atoms with Gasteiger partial charge in [-0.05, 0) is 37.3 Å². The van der Waals surface area contributed by atoms with Gasteiger partial charge in [-0.15, -0.1) is 0 Å². The first kappa shape index (κ1) is 15.4. The summed E-state index contributed by atoms with van der Waals surface area (Å²) in [6, 6.07) is 3.81. The van der Waals surface area contributed by atoms with Crippen LogP contribution in [0.15, 0.2) is 16.9 Å². The van der Waals surface area contributed by atoms with Crippen LogP contribution in [0.25, 0.3) is 11.2 Å². The Morgan fingerprint density at radius 2 is 1.96 bits per heavy atom. The minimum atomic E-state index is -0.293. The molecule has 1 aliphatic carbocycles. The van der Waals surface area contributed by atoms with E-state index < -0.39 is 0 Å². The third-order valence-corrected chi connectivity index (χ3v) is 5.56. The average Bonchev–Trinajstić information content (AvgIpc) is 3.19. The van der Waals surface area contributed by atoms with E-state index in [1.165, 1.54) is 32.1 Å². The number of rotatable bonds is 3. The molecule has 1 saturated heterocycles. The van der Waals surface area contributed by atoms with Gasteiger partial charge in [-0.25, -0.2) is 9.78 Å². The molecule has 0 radical (unpaired) electrons. The zero-order chi connectivity index (χ0) is 16.5. The smallest absolute Gasteiger partial charge is 0.325 e. The Balaban J connectivity index is 1.51. The zero-order valence-corrected chi connectivity index (χ0v) is 13.9. The second-order valence-electron chi connectivity index (χ2n) is 7.21. The van der Waals surface area contributed by atoms with Gasteiger partial charge in [-0.3, -0.25) is 9.78 Å². The quantitative estimate of drug-likeness (QED) is 0.909. The van der Waals surface area contributed by atoms with Gasteiger partial charge in [-0.2, -0.15) is 0 Å². The van der Waals surface area contributed by atoms with Gasteiger partial charge >= 0.3 is 5.69 Å². The number of carbonyl (C=O) groups is 1. The van der Waals surface area contributed by atoms with Gasteiger partial charge in [0.2, 0.25) is 0 Å². The fourth-order valence-corrected chi connectivity index (χ4v) is 4.34. The summed E-state index contributed by atoms with van der Waals surface area (Å²) < 4.78 is 0. The molecular formula is C18H24N4O2. The van der Waals surface area contributed by atoms with Crippen LogP contribution in [0.2, 0.25) is 0 Å². The van der Waals surface area contributed by atoms with E-state index in [4.69, 9.17) is 0 Å². The maximum Gasteiger partial charge on any atom is 0.325 e. The molecule has 1 atom stereocenters. The lowest BCUT2D eigenvalue weighted by Crippen LogP contribution is -2.37. The van der Waals surface area contributed by atoms with E-state index in [-0.39, 0.29) is 11.6 Å². The molecule has 2 aromatic heterocycles. The van der Waals surface area contributed by atoms with Crippen LogP contribution in [0.3, 0.4) is 0 Å². The monoisotopic (exact) mass is 328 g/mol. The highest BCUT2D eigenvalue weighted by molar-refractivity contribution is 5.94. The normalized spacial score (nSPS) is 22.3. The molecular weight excluding hydrogens is 304 g/mol. The maximum absolute atomic E-state index is 12.9. The van der Waals surface area contributed by atoms with Crippen LogP contribution in [-0.4, -0.2) is 38.3 Å². The summed E-state index contributed by atoms with van der Waals surface area (Å²) in [6.45, 7) is 0.819. The van der Waals surface area contributed by atoms with Crippen LogP contribution in [0, 0.1) is 5.92 Å². The van der Waals surface area contributed by atoms with Crippen molar-refractivity contribution in [1.82, 2.24) is 19.9 Å². The maximum atomic E-state index is 12.9. The number of nitrogens with zero attached hydrogens (tertiary/aromatic N) is 2. The Morgan fingerprint density at radius 1 is 1.12 bits per heavy atom. The number of pyridine rings is 1. The molecule has 4 rings (SSSR count). The number of imidazole rings is 1. The number of hydrogen-bond acceptors (Lipinski definition) is 3. The van der Waals surface area contributed by atoms with E-state index >= 15 is 0 Å². The first-order chi connectivity index (χ1) is 11.7. The van der Waals surface area contributed by atoms with Crippen molar-refractivity contribution in [2.45, 2.75) is 57.4 Å². The van der Waals surface area contributed by atoms with Gasteiger partial charge in [0, 0.05) is 12.6 Å². The molecule has 1 amide bonds. The summed E-state index contributed by atoms with van der Waals surface area (Å²) in [7, 11) is 0. The molecule has 6 nitrogen and oxygen atoms in total. The third kappa shape index (κ3) is 2.97. The van der Waals surface area contributed by atoms with Crippen molar-refractivity contribution in [3.8, 4) is 0 Å². The molecule has 6 heteroatoms. The van der Waals surface area contributed by atoms with Gasteiger partial charge in [0.1, 0.15) is 5.69 Å². The number of H-pyrrole nitrogens is 2. The van der Waals surface area contributed by atoms with Gasteiger partial charge in [0.05, 0.1) is 5.52 Å². The third-order valence-electron chi connectivity index (χ3n) is 5.56. The van der Waals surface area contributed by atoms with Crippen molar-refractivity contribution in [3.63, 3.8) is 0 Å². The lowest BCUT2D eigenvalue weighted by Gasteiger charge is -2.30. The minimum Gasteiger partial charge on any atom is -0.334 e. The number of nitrogens with one attached hydrogen (secondary N) is 2. The van der Waals surface area contributed by atoms with Crippen molar-refractivity contribution in [2.75, 3.05) is 6.54 Å². The second-order valence-corrected chi connectivity index (χ2v) is 7.21. The summed E-state index contributed by atoms with van der Waals surface area (Å²) >= 11 is 0. The number of aromatic amines is 2. The standard InChI is InChI=1S/C18H24N4O2/c23-17(15-9-8-14-16(19-15)21-18(24)20-14)22-10-4-7-13(22)11-12-5-2-1-3-6-12/h8-9,12-13H,1-7,10-11H2,(H2,19,20,21,24). The van der Waals surface area contributed by atoms with Crippen LogP contribution in [-0.2, 0) is 0 Å². The molecule has 128 valence electrons. The summed E-state index contributed by atoms with van der Waals surface area (Å²) in [5, 5.41) is 0. The number of fused-ring (bicyclic) bond motifs is 1. The van der Waals surface area contributed by atoms with Crippen LogP contribution in [0.1, 0.15) is 61.9 Å². The first-order valence-corrected chi connectivity index (χ1v) is 9.11. The lowest BCUT2D eigenvalue weighted by atomic mass is 9.84. The fraction of sp³-hybridized carbons (Fsp3) is 0.611. The fourth-order valence-electron chi connectivity index (χ4n) is 4.34. The van der Waals surface area contributed by atoms with E-state index in [0.717, 1.165) is 31.7 Å². The van der Waals surface area contributed by atoms with Gasteiger partial charge in [0.25, 0.3) is 5.91 Å². The van der Waals surface area contributed by atoms with Gasteiger partial charge in [-0.1, -0.05) is 32.1 Å². The molecule has 0 aromatic carbocycles. The van der Waals surface area contributed by atoms with Crippen molar-refractivity contribution in [1.29, 1.82) is 0 Å². The molecule has 3 heterocycles. The van der Waals surface area contributed by atoms with Crippen LogP contribution in [0.4, 0.5) is 0 Å². The van der Waals surface area contributed by atoms with Crippen LogP contribution in [0.5, 0.6) is 0 Å². The van der Waals surface area contributed by atoms with Crippen molar-refractivity contribution >= 4 is 17.1 Å². The minimum absolute atomic E-state index is 0.00254. The molecule has 2 fully saturated rings. The van der Waals surface area contributed by atoms with Crippen molar-refractivity contribution in [3.05, 3.63) is 28.3 Å². The SMILES string of the molecule is O=C(c1ccc2[nH]c(=O)[nH]c2n1)N1CCCC1CC1CCCCC1. The Kier molecular flexibility index (Phi) is 4.12. The number of carbonyl (C=O) groups excluding carboxylic acids is 1. The Morgan fingerprint density at radius 3 is 2.79 bits per heavy atom. The molecule has 0 spiro atoms. The van der Waals surface area contributed by atoms with E-state index in [1.807, 2.05) is 4.90 Å². The number of likely N-dealkylation sites (tertiary alicyclic amines) is 1. The van der Waals surface area contributed by atoms with Gasteiger partial charge < -0.3 is 9.88 Å². The Labute approximate surface area is 140 Å². The number of aromatic nitrogens is 3. The Bertz CT molecular complexity index is 788. The van der Waals surface area contributed by atoms with E-state index in [9.17, 15) is 9.59 Å². The molecule has 1 saturated carbocycles. The van der Waals surface area contributed by atoms with E-state index in [0.29, 0.717) is 22.9 Å². The summed E-state index contributed by atoms with van der Waals surface area (Å²) in [5.74, 6) is 0.769. The highest BCUT2D eigenvalue weighted by atomic mass is 16.2. The predicted molar refractivity (Wildman–Crippen MR) is 92.0 cm³/mol. The van der Waals surface area contributed by atoms with Crippen LogP contribution < -0.4 is 5.69 Å². The molecule has 2 aliphatic rings. The largest absolute Gasteiger partial charge is 0.334 e. The second kappa shape index (κ2) is 6.42. The average molecular weight is 328 g/mol. The molecule has 2 N–H and O–H groups in total. The van der Waals surface area contributed by atoms with Crippen molar-refractivity contribution in [2.24, 2.45) is 5.92 Å². The molecule has 0 bridgehead atoms. The Hall–Kier alpha value is -2.11. The molecule has 1 aliphatic heterocycles. The summed E-state index contributed by atoms with van der Waals surface area (Å²) in [6.07, 6.45) is 9.98. The summed E-state index contributed by atoms with van der Waals surface area (Å²) in [4.78, 5) is 35.9. The molecule has 1 unspecified atom stereocenters. The molecule has 24 heavy (non-hydrogen) atoms. The lowest BCUT2D eigenvalue weighted by molar-refractivity contribution is 0.0706. The molecule has 2 aromatic rings. The summed E-state index contributed by atoms with van der Waals surface area (Å²) in [5.41, 5.74) is 1.22. The van der Waals surface area contributed by atoms with E-state index in [2.05, 4.69) is 15.0 Å². The predicted octanol–water partition coefficient (Wildman–Crippen LogP) is 2.83. The zero-order valence-electron chi connectivity index (χ0n) is 13.9. The highest BCUT2D eigenvalue weighted by Crippen LogP contribution is 2.32. The van der Waals surface area contributed by atoms with Gasteiger partial charge in [0.15, 0.2) is 5.65 Å². The number of amides is 1. The number of hydrogen-bond donors (Lipinski definition) is 2. The van der Waals surface area contributed by atoms with Crippen molar-refractivity contribution < 1.29 is 4.79 Å².